The van der Waals surface area contributed by atoms with Gasteiger partial charge in [-0.1, -0.05) is 206 Å². The van der Waals surface area contributed by atoms with Gasteiger partial charge in [0.2, 0.25) is 0 Å². The van der Waals surface area contributed by atoms with Crippen LogP contribution < -0.4 is 14.4 Å². The summed E-state index contributed by atoms with van der Waals surface area (Å²) in [6.45, 7) is 0. The molecule has 2 heterocycles. The number of rotatable bonds is 5. The summed E-state index contributed by atoms with van der Waals surface area (Å²) in [4.78, 5) is 2.51. The second-order valence-corrected chi connectivity index (χ2v) is 20.2. The van der Waals surface area contributed by atoms with Crippen molar-refractivity contribution in [3.05, 3.63) is 317 Å². The molecule has 3 heteroatoms. The topological polar surface area (TPSA) is 21.7 Å². The quantitative estimate of drug-likeness (QED) is 0.172. The fourth-order valence-corrected chi connectivity index (χ4v) is 13.5. The number of fused-ring (bicyclic) bond motifs is 19. The van der Waals surface area contributed by atoms with E-state index in [2.05, 4.69) is 278 Å². The number of para-hydroxylation sites is 4. The molecule has 0 fully saturated rings. The number of hydrogen-bond acceptors (Lipinski definition) is 3. The molecule has 0 saturated carbocycles. The summed E-state index contributed by atoms with van der Waals surface area (Å²) in [6.07, 6.45) is 0. The number of hydrogen-bond donors (Lipinski definition) is 0. The lowest BCUT2D eigenvalue weighted by Crippen LogP contribution is -2.32. The Morgan fingerprint density at radius 2 is 0.667 bits per heavy atom. The largest absolute Gasteiger partial charge is 0.457 e. The molecule has 16 rings (SSSR count). The highest BCUT2D eigenvalue weighted by atomic mass is 16.5. The molecular weight excluding hydrogens is 911 g/mol. The van der Waals surface area contributed by atoms with Crippen LogP contribution in [0.3, 0.4) is 0 Å². The van der Waals surface area contributed by atoms with E-state index in [1.165, 1.54) is 72.0 Å². The summed E-state index contributed by atoms with van der Waals surface area (Å²) in [6, 6.07) is 100. The third-order valence-electron chi connectivity index (χ3n) is 16.6. The summed E-state index contributed by atoms with van der Waals surface area (Å²) >= 11 is 0. The Morgan fingerprint density at radius 3 is 1.25 bits per heavy atom. The van der Waals surface area contributed by atoms with Crippen LogP contribution in [0.4, 0.5) is 17.1 Å². The Hall–Kier alpha value is -9.70. The summed E-state index contributed by atoms with van der Waals surface area (Å²) < 4.78 is 13.5. The van der Waals surface area contributed by atoms with Gasteiger partial charge in [0.1, 0.15) is 23.0 Å². The Bertz CT molecular complexity index is 4220. The molecule has 2 aliphatic carbocycles. The van der Waals surface area contributed by atoms with Crippen LogP contribution in [0, 0.1) is 0 Å². The Kier molecular flexibility index (Phi) is 8.88. The predicted molar refractivity (Wildman–Crippen MR) is 304 cm³/mol. The lowest BCUT2D eigenvalue weighted by Gasteiger charge is -2.39. The maximum absolute atomic E-state index is 6.77. The zero-order valence-electron chi connectivity index (χ0n) is 40.7. The van der Waals surface area contributed by atoms with Crippen LogP contribution in [-0.4, -0.2) is 0 Å². The van der Waals surface area contributed by atoms with Crippen LogP contribution in [0.15, 0.2) is 273 Å². The minimum atomic E-state index is -0.622. The SMILES string of the molecule is c1ccc(-c2ccc(-c3ccc(N(c4ccc5c(c4)-c4cc6ccccc6cc4C54c5ccccc5Oc5ccccc54)c4cccc5c4-c4ccccc4C54c5ccccc5Oc5ccccc54)cc3)cc2)cc1. The standard InChI is InChI=1S/C72H45NO2/c1-2-17-46(18-3-1)47-33-35-48(36-34-47)49-37-39-52(40-38-49)73(65-28-16-27-63-70(65)54-21-6-7-22-57(54)71(63)59-23-8-12-29-66(59)74-67-30-13-9-24-60(67)71)53-41-42-58-56(45-53)55-43-50-19-4-5-20-51(50)44-64(55)72(58)61-25-10-14-31-68(61)75-69-32-15-11-26-62(69)72/h1-45H. The first-order valence-corrected chi connectivity index (χ1v) is 25.9. The van der Waals surface area contributed by atoms with E-state index in [9.17, 15) is 0 Å². The Balaban J connectivity index is 0.952. The first-order chi connectivity index (χ1) is 37.2. The smallest absolute Gasteiger partial charge is 0.132 e. The average molecular weight is 956 g/mol. The van der Waals surface area contributed by atoms with Crippen LogP contribution in [-0.2, 0) is 10.8 Å². The summed E-state index contributed by atoms with van der Waals surface area (Å²) in [5, 5.41) is 2.42. The molecule has 12 aromatic carbocycles. The van der Waals surface area contributed by atoms with Crippen molar-refractivity contribution in [1.29, 1.82) is 0 Å². The highest BCUT2D eigenvalue weighted by Gasteiger charge is 2.53. The first-order valence-electron chi connectivity index (χ1n) is 25.9. The van der Waals surface area contributed by atoms with Gasteiger partial charge in [-0.25, -0.2) is 0 Å². The second-order valence-electron chi connectivity index (χ2n) is 20.2. The number of benzene rings is 12. The van der Waals surface area contributed by atoms with E-state index in [4.69, 9.17) is 9.47 Å². The van der Waals surface area contributed by atoms with Gasteiger partial charge < -0.3 is 14.4 Å². The van der Waals surface area contributed by atoms with E-state index in [0.717, 1.165) is 67.9 Å². The Morgan fingerprint density at radius 1 is 0.253 bits per heavy atom. The summed E-state index contributed by atoms with van der Waals surface area (Å²) in [5.74, 6) is 3.52. The number of nitrogens with zero attached hydrogens (tertiary/aromatic N) is 1. The van der Waals surface area contributed by atoms with Crippen molar-refractivity contribution < 1.29 is 9.47 Å². The van der Waals surface area contributed by atoms with Crippen molar-refractivity contribution in [2.75, 3.05) is 4.90 Å². The van der Waals surface area contributed by atoms with Gasteiger partial charge in [-0.15, -0.1) is 0 Å². The van der Waals surface area contributed by atoms with Gasteiger partial charge >= 0.3 is 0 Å². The van der Waals surface area contributed by atoms with Gasteiger partial charge in [0.25, 0.3) is 0 Å². The molecule has 2 spiro atoms. The van der Waals surface area contributed by atoms with Gasteiger partial charge in [0.15, 0.2) is 0 Å². The molecule has 0 bridgehead atoms. The van der Waals surface area contributed by atoms with Crippen LogP contribution in [0.25, 0.3) is 55.3 Å². The van der Waals surface area contributed by atoms with Crippen molar-refractivity contribution >= 4 is 27.8 Å². The average Bonchev–Trinajstić information content (AvgIpc) is 3.95. The van der Waals surface area contributed by atoms with Gasteiger partial charge in [-0.3, -0.25) is 0 Å². The van der Waals surface area contributed by atoms with E-state index in [1.807, 2.05) is 0 Å². The molecule has 0 N–H and O–H groups in total. The maximum atomic E-state index is 6.77. The van der Waals surface area contributed by atoms with Crippen LogP contribution in [0.1, 0.15) is 44.5 Å². The molecule has 350 valence electrons. The highest BCUT2D eigenvalue weighted by molar-refractivity contribution is 6.01. The molecule has 75 heavy (non-hydrogen) atoms. The third-order valence-corrected chi connectivity index (χ3v) is 16.6. The highest BCUT2D eigenvalue weighted by Crippen LogP contribution is 2.66. The molecule has 2 aliphatic heterocycles. The molecule has 0 saturated heterocycles. The molecule has 12 aromatic rings. The fraction of sp³-hybridized carbons (Fsp3) is 0.0278. The molecular formula is C72H45NO2. The lowest BCUT2D eigenvalue weighted by molar-refractivity contribution is 0.436. The van der Waals surface area contributed by atoms with Crippen LogP contribution in [0.2, 0.25) is 0 Å². The molecule has 4 aliphatic rings. The van der Waals surface area contributed by atoms with Crippen molar-refractivity contribution in [1.82, 2.24) is 0 Å². The zero-order chi connectivity index (χ0) is 49.2. The molecule has 3 nitrogen and oxygen atoms in total. The van der Waals surface area contributed by atoms with E-state index >= 15 is 0 Å². The minimum absolute atomic E-state index is 0.621. The van der Waals surface area contributed by atoms with E-state index in [0.29, 0.717) is 0 Å². The molecule has 0 radical (unpaired) electrons. The molecule has 0 atom stereocenters. The number of anilines is 3. The van der Waals surface area contributed by atoms with Gasteiger partial charge in [-0.2, -0.15) is 0 Å². The molecule has 0 amide bonds. The summed E-state index contributed by atoms with van der Waals surface area (Å²) in [7, 11) is 0. The second kappa shape index (κ2) is 15.9. The fourth-order valence-electron chi connectivity index (χ4n) is 13.5. The van der Waals surface area contributed by atoms with Crippen molar-refractivity contribution in [3.63, 3.8) is 0 Å². The van der Waals surface area contributed by atoms with Crippen molar-refractivity contribution in [3.8, 4) is 67.5 Å². The summed E-state index contributed by atoms with van der Waals surface area (Å²) in [5.41, 5.74) is 21.2. The zero-order valence-corrected chi connectivity index (χ0v) is 40.7. The van der Waals surface area contributed by atoms with Gasteiger partial charge in [0.05, 0.1) is 16.5 Å². The third kappa shape index (κ3) is 5.81. The minimum Gasteiger partial charge on any atom is -0.457 e. The molecule has 0 unspecified atom stereocenters. The lowest BCUT2D eigenvalue weighted by atomic mass is 9.66. The van der Waals surface area contributed by atoms with E-state index < -0.39 is 10.8 Å². The number of ether oxygens (including phenoxy) is 2. The maximum Gasteiger partial charge on any atom is 0.132 e. The molecule has 0 aromatic heterocycles. The monoisotopic (exact) mass is 955 g/mol. The van der Waals surface area contributed by atoms with E-state index in [1.54, 1.807) is 0 Å². The van der Waals surface area contributed by atoms with Crippen LogP contribution in [0.5, 0.6) is 23.0 Å². The van der Waals surface area contributed by atoms with Gasteiger partial charge in [-0.05, 0) is 139 Å². The van der Waals surface area contributed by atoms with Gasteiger partial charge in [0, 0.05) is 39.2 Å². The Labute approximate surface area is 435 Å². The predicted octanol–water partition coefficient (Wildman–Crippen LogP) is 18.6. The van der Waals surface area contributed by atoms with E-state index in [-0.39, 0.29) is 0 Å². The van der Waals surface area contributed by atoms with Crippen LogP contribution >= 0.6 is 0 Å². The normalized spacial score (nSPS) is 14.0. The first kappa shape index (κ1) is 41.9. The van der Waals surface area contributed by atoms with Crippen molar-refractivity contribution in [2.24, 2.45) is 0 Å². The van der Waals surface area contributed by atoms with Crippen molar-refractivity contribution in [2.45, 2.75) is 10.8 Å².